The third-order valence-corrected chi connectivity index (χ3v) is 11.7. The summed E-state index contributed by atoms with van der Waals surface area (Å²) in [4.78, 5) is 18.7. The average Bonchev–Trinajstić information content (AvgIpc) is 3.56. The zero-order chi connectivity index (χ0) is 34.3. The van der Waals surface area contributed by atoms with Gasteiger partial charge in [-0.3, -0.25) is 20.0 Å². The molecule has 4 bridgehead atoms. The van der Waals surface area contributed by atoms with Crippen molar-refractivity contribution in [3.05, 3.63) is 35.4 Å². The summed E-state index contributed by atoms with van der Waals surface area (Å²) in [5.74, 6) is -0.566. The number of nitrogens with one attached hydrogen (secondary N) is 3. The Bertz CT molecular complexity index is 1210. The third kappa shape index (κ3) is 10.5. The number of carbonyl (C=O) groups is 1. The van der Waals surface area contributed by atoms with E-state index in [9.17, 15) is 25.2 Å². The van der Waals surface area contributed by atoms with Gasteiger partial charge in [-0.05, 0) is 101 Å². The van der Waals surface area contributed by atoms with Crippen LogP contribution in [0.4, 0.5) is 0 Å². The average molecular weight is 671 g/mol. The van der Waals surface area contributed by atoms with Gasteiger partial charge in [0.05, 0.1) is 31.0 Å². The van der Waals surface area contributed by atoms with Gasteiger partial charge in [-0.15, -0.1) is 0 Å². The van der Waals surface area contributed by atoms with Crippen LogP contribution in [0.2, 0.25) is 0 Å². The lowest BCUT2D eigenvalue weighted by atomic mass is 9.80. The molecule has 4 heterocycles. The molecule has 0 radical (unpaired) electrons. The van der Waals surface area contributed by atoms with Crippen molar-refractivity contribution < 1.29 is 25.2 Å². The highest BCUT2D eigenvalue weighted by atomic mass is 16.4. The summed E-state index contributed by atoms with van der Waals surface area (Å²) in [5.41, 5.74) is 7.36. The fraction of sp³-hybridized carbons (Fsp3) is 0.784. The van der Waals surface area contributed by atoms with Crippen LogP contribution in [0.15, 0.2) is 29.3 Å². The molecule has 0 aromatic heterocycles. The maximum Gasteiger partial charge on any atom is 0.306 e. The quantitative estimate of drug-likeness (QED) is 0.215. The largest absolute Gasteiger partial charge is 0.481 e. The number of nitrogens with two attached hydrogens (primary N) is 1. The molecular formula is C37H62N6O5. The zero-order valence-corrected chi connectivity index (χ0v) is 29.2. The number of hydrogen-bond acceptors (Lipinski definition) is 10. The molecule has 270 valence electrons. The number of rotatable bonds is 7. The van der Waals surface area contributed by atoms with E-state index >= 15 is 0 Å². The normalized spacial score (nSPS) is 39.0. The summed E-state index contributed by atoms with van der Waals surface area (Å²) < 4.78 is 0. The minimum absolute atomic E-state index is 0.00217. The number of carboxylic acid groups (broad SMARTS) is 1. The highest BCUT2D eigenvalue weighted by molar-refractivity contribution is 5.68. The Kier molecular flexibility index (Phi) is 13.1. The van der Waals surface area contributed by atoms with Crippen LogP contribution in [0.25, 0.3) is 0 Å². The number of nitrogens with zero attached hydrogens (tertiary/aromatic N) is 2. The maximum absolute atomic E-state index is 11.8. The first kappa shape index (κ1) is 37.3. The lowest BCUT2D eigenvalue weighted by Crippen LogP contribution is -2.63. The summed E-state index contributed by atoms with van der Waals surface area (Å²) in [6.07, 6.45) is 10.9. The number of aliphatic imine (C=N–C) groups is 1. The number of aliphatic carboxylic acids is 1. The minimum atomic E-state index is -1.41. The van der Waals surface area contributed by atoms with E-state index in [0.29, 0.717) is 31.8 Å². The topological polar surface area (TPSA) is 176 Å². The number of aliphatic hydroxyl groups is 3. The molecule has 4 aliphatic rings. The molecular weight excluding hydrogens is 608 g/mol. The molecule has 48 heavy (non-hydrogen) atoms. The molecule has 0 aliphatic carbocycles. The molecule has 1 aromatic rings. The minimum Gasteiger partial charge on any atom is -0.481 e. The molecule has 0 saturated carbocycles. The van der Waals surface area contributed by atoms with Crippen LogP contribution in [0.1, 0.15) is 95.6 Å². The van der Waals surface area contributed by atoms with Crippen molar-refractivity contribution in [1.29, 1.82) is 0 Å². The lowest BCUT2D eigenvalue weighted by molar-refractivity contribution is -0.143. The summed E-state index contributed by atoms with van der Waals surface area (Å²) in [6.45, 7) is 5.92. The second kappa shape index (κ2) is 16.8. The van der Waals surface area contributed by atoms with Crippen LogP contribution in [-0.4, -0.2) is 111 Å². The van der Waals surface area contributed by atoms with E-state index in [1.54, 1.807) is 0 Å². The highest BCUT2D eigenvalue weighted by Crippen LogP contribution is 2.32. The summed E-state index contributed by atoms with van der Waals surface area (Å²) >= 11 is 0. The fourth-order valence-corrected chi connectivity index (χ4v) is 8.95. The second-order valence-electron chi connectivity index (χ2n) is 16.0. The van der Waals surface area contributed by atoms with E-state index < -0.39 is 11.6 Å². The van der Waals surface area contributed by atoms with Crippen LogP contribution in [0, 0.1) is 11.8 Å². The standard InChI is InChI=1S/C37H62N6O5/c1-25-33(45)18-32(43-14-13-39-24-43)31(41-25)10-9-26-5-3-6-27(22-44)11-12-37(48,21-35(46)47)23-40-36(2)19-30(42-34(38)20-36)17-29-8-4-7-28(15-26)16-29/h4,7-8,13,16,25-27,30-34,40-42,44-45,48H,3,5-6,9-12,14-15,17-24,38H2,1-2H3,(H,46,47). The molecule has 2 fully saturated rings. The molecule has 0 amide bonds. The van der Waals surface area contributed by atoms with E-state index in [4.69, 9.17) is 5.73 Å². The zero-order valence-electron chi connectivity index (χ0n) is 29.2. The predicted octanol–water partition coefficient (Wildman–Crippen LogP) is 2.16. The summed E-state index contributed by atoms with van der Waals surface area (Å²) in [5, 5.41) is 53.2. The molecule has 11 nitrogen and oxygen atoms in total. The van der Waals surface area contributed by atoms with Gasteiger partial charge in [-0.1, -0.05) is 37.1 Å². The van der Waals surface area contributed by atoms with E-state index in [0.717, 1.165) is 64.3 Å². The Hall–Kier alpha value is -1.96. The van der Waals surface area contributed by atoms with Crippen molar-refractivity contribution in [2.75, 3.05) is 26.4 Å². The first-order chi connectivity index (χ1) is 22.9. The monoisotopic (exact) mass is 670 g/mol. The van der Waals surface area contributed by atoms with Gasteiger partial charge in [0, 0.05) is 55.6 Å². The van der Waals surface area contributed by atoms with E-state index in [2.05, 4.69) is 64.0 Å². The molecule has 2 saturated heterocycles. The predicted molar refractivity (Wildman–Crippen MR) is 189 cm³/mol. The van der Waals surface area contributed by atoms with Gasteiger partial charge in [0.1, 0.15) is 0 Å². The Balaban J connectivity index is 1.35. The number of carboxylic acids is 1. The van der Waals surface area contributed by atoms with E-state index in [1.165, 1.54) is 11.1 Å². The first-order valence-electron chi connectivity index (χ1n) is 18.5. The smallest absolute Gasteiger partial charge is 0.306 e. The van der Waals surface area contributed by atoms with Gasteiger partial charge in [0.25, 0.3) is 0 Å². The van der Waals surface area contributed by atoms with E-state index in [1.807, 2.05) is 6.21 Å². The number of hydrogen-bond donors (Lipinski definition) is 8. The highest BCUT2D eigenvalue weighted by Gasteiger charge is 2.40. The molecule has 5 rings (SSSR count). The Morgan fingerprint density at radius 3 is 2.60 bits per heavy atom. The molecule has 9 N–H and O–H groups in total. The van der Waals surface area contributed by atoms with Crippen molar-refractivity contribution in [1.82, 2.24) is 20.9 Å². The van der Waals surface area contributed by atoms with Crippen molar-refractivity contribution in [3.63, 3.8) is 0 Å². The SMILES string of the molecule is CC1NC(CCC2CCCC(CO)CCC(O)(CC(=O)O)CNC3(C)CC(N)NC(Cc4cccc(c4)C2)C3)C(N2CC=NC2)CC1O. The molecule has 1 aromatic carbocycles. The van der Waals surface area contributed by atoms with Crippen LogP contribution in [0.5, 0.6) is 0 Å². The third-order valence-electron chi connectivity index (χ3n) is 11.7. The summed E-state index contributed by atoms with van der Waals surface area (Å²) in [6, 6.07) is 9.70. The van der Waals surface area contributed by atoms with Gasteiger partial charge in [0.2, 0.25) is 0 Å². The Labute approximate surface area is 287 Å². The molecule has 10 unspecified atom stereocenters. The fourth-order valence-electron chi connectivity index (χ4n) is 8.95. The van der Waals surface area contributed by atoms with Crippen molar-refractivity contribution >= 4 is 12.2 Å². The van der Waals surface area contributed by atoms with E-state index in [-0.39, 0.29) is 67.5 Å². The number of aliphatic hydroxyl groups excluding tert-OH is 2. The lowest BCUT2D eigenvalue weighted by Gasteiger charge is -2.44. The van der Waals surface area contributed by atoms with Crippen molar-refractivity contribution in [2.45, 2.75) is 145 Å². The Morgan fingerprint density at radius 1 is 1.10 bits per heavy atom. The van der Waals surface area contributed by atoms with Gasteiger partial charge in [0.15, 0.2) is 0 Å². The van der Waals surface area contributed by atoms with Gasteiger partial charge in [-0.2, -0.15) is 0 Å². The maximum atomic E-state index is 11.8. The van der Waals surface area contributed by atoms with Crippen LogP contribution in [-0.2, 0) is 17.6 Å². The van der Waals surface area contributed by atoms with Crippen molar-refractivity contribution in [2.24, 2.45) is 22.6 Å². The van der Waals surface area contributed by atoms with Crippen LogP contribution in [0.3, 0.4) is 0 Å². The number of β-amino-alcohol motifs (C(OH)–C–C–N with tert-alkyl or cyclic N) is 1. The Morgan fingerprint density at radius 2 is 1.88 bits per heavy atom. The number of benzene rings is 1. The molecule has 4 aliphatic heterocycles. The molecule has 0 spiro atoms. The van der Waals surface area contributed by atoms with Gasteiger partial charge >= 0.3 is 5.97 Å². The number of piperidine rings is 2. The van der Waals surface area contributed by atoms with Crippen LogP contribution >= 0.6 is 0 Å². The van der Waals surface area contributed by atoms with Gasteiger partial charge < -0.3 is 36.8 Å². The van der Waals surface area contributed by atoms with Gasteiger partial charge in [-0.25, -0.2) is 0 Å². The molecule has 10 atom stereocenters. The summed E-state index contributed by atoms with van der Waals surface area (Å²) in [7, 11) is 0. The van der Waals surface area contributed by atoms with Crippen LogP contribution < -0.4 is 21.7 Å². The first-order valence-corrected chi connectivity index (χ1v) is 18.5. The number of fused-ring (bicyclic) bond motifs is 4. The second-order valence-corrected chi connectivity index (χ2v) is 16.0. The van der Waals surface area contributed by atoms with Crippen molar-refractivity contribution in [3.8, 4) is 0 Å². The molecule has 11 heteroatoms.